The molecule has 4 rings (SSSR count). The minimum Gasteiger partial charge on any atom is -0.497 e. The van der Waals surface area contributed by atoms with Crippen LogP contribution in [-0.2, 0) is 11.3 Å². The minimum absolute atomic E-state index is 0.0119. The van der Waals surface area contributed by atoms with Gasteiger partial charge >= 0.3 is 0 Å². The number of morpholine rings is 1. The van der Waals surface area contributed by atoms with Gasteiger partial charge in [-0.25, -0.2) is 0 Å². The van der Waals surface area contributed by atoms with E-state index in [1.807, 2.05) is 72.1 Å². The number of amides is 1. The maximum atomic E-state index is 13.5. The summed E-state index contributed by atoms with van der Waals surface area (Å²) in [5.41, 5.74) is 3.32. The van der Waals surface area contributed by atoms with Crippen LogP contribution < -0.4 is 4.74 Å². The Morgan fingerprint density at radius 1 is 1.07 bits per heavy atom. The smallest absolute Gasteiger partial charge is 0.257 e. The van der Waals surface area contributed by atoms with E-state index in [1.165, 1.54) is 0 Å². The third-order valence-corrected chi connectivity index (χ3v) is 5.25. The molecule has 6 heteroatoms. The van der Waals surface area contributed by atoms with Crippen LogP contribution in [0.4, 0.5) is 0 Å². The molecule has 2 atom stereocenters. The molecule has 1 saturated heterocycles. The lowest BCUT2D eigenvalue weighted by molar-refractivity contribution is -0.0586. The number of aromatic nitrogens is 2. The molecule has 1 aromatic heterocycles. The lowest BCUT2D eigenvalue weighted by atomic mass is 10.1. The van der Waals surface area contributed by atoms with Crippen LogP contribution in [0.3, 0.4) is 0 Å². The van der Waals surface area contributed by atoms with E-state index in [4.69, 9.17) is 14.6 Å². The van der Waals surface area contributed by atoms with E-state index in [2.05, 4.69) is 12.1 Å². The lowest BCUT2D eigenvalue weighted by Crippen LogP contribution is -2.48. The van der Waals surface area contributed by atoms with Gasteiger partial charge in [0.15, 0.2) is 0 Å². The van der Waals surface area contributed by atoms with Gasteiger partial charge in [0.05, 0.1) is 31.4 Å². The number of nitrogens with zero attached hydrogens (tertiary/aromatic N) is 3. The second-order valence-corrected chi connectivity index (χ2v) is 7.77. The molecule has 0 radical (unpaired) electrons. The van der Waals surface area contributed by atoms with Gasteiger partial charge < -0.3 is 14.4 Å². The molecular formula is C24H27N3O3. The largest absolute Gasteiger partial charge is 0.497 e. The van der Waals surface area contributed by atoms with Crippen LogP contribution in [0.1, 0.15) is 29.8 Å². The van der Waals surface area contributed by atoms with E-state index in [9.17, 15) is 4.79 Å². The Kier molecular flexibility index (Phi) is 5.86. The fourth-order valence-electron chi connectivity index (χ4n) is 3.91. The zero-order chi connectivity index (χ0) is 21.1. The van der Waals surface area contributed by atoms with E-state index in [0.29, 0.717) is 30.9 Å². The van der Waals surface area contributed by atoms with E-state index in [0.717, 1.165) is 16.9 Å². The standard InChI is InChI=1S/C24H27N3O3/c1-17-13-26(14-18(2)30-17)24(28)22-16-27(15-19-7-5-4-6-8-19)25-23(22)20-9-11-21(29-3)12-10-20/h4-12,16-18H,13-15H2,1-3H3/t17-,18-/m0/s1. The SMILES string of the molecule is COc1ccc(-c2nn(Cc3ccccc3)cc2C(=O)N2C[C@H](C)O[C@@H](C)C2)cc1. The molecule has 2 heterocycles. The molecule has 0 aliphatic carbocycles. The Morgan fingerprint density at radius 3 is 2.37 bits per heavy atom. The highest BCUT2D eigenvalue weighted by Crippen LogP contribution is 2.27. The van der Waals surface area contributed by atoms with Crippen molar-refractivity contribution in [2.45, 2.75) is 32.6 Å². The van der Waals surface area contributed by atoms with Crippen LogP contribution in [0, 0.1) is 0 Å². The molecule has 3 aromatic rings. The molecule has 1 amide bonds. The van der Waals surface area contributed by atoms with Crippen molar-refractivity contribution in [1.29, 1.82) is 0 Å². The minimum atomic E-state index is -0.0119. The summed E-state index contributed by atoms with van der Waals surface area (Å²) in [6, 6.07) is 17.8. The molecule has 156 valence electrons. The number of benzene rings is 2. The molecule has 2 aromatic carbocycles. The summed E-state index contributed by atoms with van der Waals surface area (Å²) in [7, 11) is 1.64. The van der Waals surface area contributed by atoms with Crippen molar-refractivity contribution in [3.8, 4) is 17.0 Å². The quantitative estimate of drug-likeness (QED) is 0.647. The van der Waals surface area contributed by atoms with Gasteiger partial charge in [-0.2, -0.15) is 5.10 Å². The number of hydrogen-bond donors (Lipinski definition) is 0. The Balaban J connectivity index is 1.70. The number of carbonyl (C=O) groups is 1. The fraction of sp³-hybridized carbons (Fsp3) is 0.333. The third kappa shape index (κ3) is 4.39. The normalized spacial score (nSPS) is 19.0. The van der Waals surface area contributed by atoms with Gasteiger partial charge in [0.1, 0.15) is 11.4 Å². The molecule has 1 aliphatic rings. The van der Waals surface area contributed by atoms with Crippen LogP contribution >= 0.6 is 0 Å². The summed E-state index contributed by atoms with van der Waals surface area (Å²) < 4.78 is 12.9. The van der Waals surface area contributed by atoms with Crippen LogP contribution in [-0.4, -0.2) is 53.0 Å². The Bertz CT molecular complexity index is 988. The van der Waals surface area contributed by atoms with Crippen LogP contribution in [0.15, 0.2) is 60.8 Å². The van der Waals surface area contributed by atoms with Gasteiger partial charge in [-0.1, -0.05) is 30.3 Å². The number of carbonyl (C=O) groups excluding carboxylic acids is 1. The highest BCUT2D eigenvalue weighted by Gasteiger charge is 2.29. The first-order chi connectivity index (χ1) is 14.5. The second-order valence-electron chi connectivity index (χ2n) is 7.77. The van der Waals surface area contributed by atoms with Crippen molar-refractivity contribution in [2.24, 2.45) is 0 Å². The summed E-state index contributed by atoms with van der Waals surface area (Å²) in [6.07, 6.45) is 1.89. The van der Waals surface area contributed by atoms with Gasteiger partial charge in [-0.3, -0.25) is 9.48 Å². The number of hydrogen-bond acceptors (Lipinski definition) is 4. The lowest BCUT2D eigenvalue weighted by Gasteiger charge is -2.35. The van der Waals surface area contributed by atoms with E-state index in [-0.39, 0.29) is 18.1 Å². The first kappa shape index (κ1) is 20.2. The van der Waals surface area contributed by atoms with Gasteiger partial charge in [-0.15, -0.1) is 0 Å². The first-order valence-electron chi connectivity index (χ1n) is 10.2. The summed E-state index contributed by atoms with van der Waals surface area (Å²) in [6.45, 7) is 5.76. The van der Waals surface area contributed by atoms with Gasteiger partial charge in [-0.05, 0) is 43.7 Å². The van der Waals surface area contributed by atoms with E-state index >= 15 is 0 Å². The van der Waals surface area contributed by atoms with Crippen molar-refractivity contribution in [1.82, 2.24) is 14.7 Å². The Morgan fingerprint density at radius 2 is 1.73 bits per heavy atom. The molecule has 0 unspecified atom stereocenters. The molecular weight excluding hydrogens is 378 g/mol. The second kappa shape index (κ2) is 8.71. The highest BCUT2D eigenvalue weighted by atomic mass is 16.5. The molecule has 0 N–H and O–H groups in total. The van der Waals surface area contributed by atoms with Crippen LogP contribution in [0.5, 0.6) is 5.75 Å². The molecule has 1 aliphatic heterocycles. The summed E-state index contributed by atoms with van der Waals surface area (Å²) in [5.74, 6) is 0.758. The molecule has 6 nitrogen and oxygen atoms in total. The van der Waals surface area contributed by atoms with Crippen molar-refractivity contribution < 1.29 is 14.3 Å². The fourth-order valence-corrected chi connectivity index (χ4v) is 3.91. The van der Waals surface area contributed by atoms with Crippen molar-refractivity contribution in [3.63, 3.8) is 0 Å². The number of ether oxygens (including phenoxy) is 2. The summed E-state index contributed by atoms with van der Waals surface area (Å²) in [5, 5.41) is 4.78. The average Bonchev–Trinajstić information content (AvgIpc) is 3.17. The topological polar surface area (TPSA) is 56.6 Å². The van der Waals surface area contributed by atoms with Crippen molar-refractivity contribution >= 4 is 5.91 Å². The van der Waals surface area contributed by atoms with E-state index < -0.39 is 0 Å². The zero-order valence-electron chi connectivity index (χ0n) is 17.6. The first-order valence-corrected chi connectivity index (χ1v) is 10.2. The van der Waals surface area contributed by atoms with Crippen molar-refractivity contribution in [2.75, 3.05) is 20.2 Å². The molecule has 1 fully saturated rings. The Hall–Kier alpha value is -3.12. The van der Waals surface area contributed by atoms with E-state index in [1.54, 1.807) is 7.11 Å². The monoisotopic (exact) mass is 405 g/mol. The van der Waals surface area contributed by atoms with Crippen molar-refractivity contribution in [3.05, 3.63) is 71.9 Å². The maximum absolute atomic E-state index is 13.5. The van der Waals surface area contributed by atoms with Gasteiger partial charge in [0.25, 0.3) is 5.91 Å². The van der Waals surface area contributed by atoms with Crippen LogP contribution in [0.25, 0.3) is 11.3 Å². The summed E-state index contributed by atoms with van der Waals surface area (Å²) in [4.78, 5) is 15.3. The Labute approximate surface area is 177 Å². The molecule has 30 heavy (non-hydrogen) atoms. The van der Waals surface area contributed by atoms with Gasteiger partial charge in [0, 0.05) is 24.8 Å². The molecule has 0 bridgehead atoms. The predicted octanol–water partition coefficient (Wildman–Crippen LogP) is 3.86. The predicted molar refractivity (Wildman–Crippen MR) is 116 cm³/mol. The molecule has 0 saturated carbocycles. The summed E-state index contributed by atoms with van der Waals surface area (Å²) >= 11 is 0. The highest BCUT2D eigenvalue weighted by molar-refractivity contribution is 6.00. The maximum Gasteiger partial charge on any atom is 0.257 e. The molecule has 0 spiro atoms. The van der Waals surface area contributed by atoms with Crippen LogP contribution in [0.2, 0.25) is 0 Å². The third-order valence-electron chi connectivity index (χ3n) is 5.25. The average molecular weight is 405 g/mol. The number of rotatable bonds is 5. The van der Waals surface area contributed by atoms with Gasteiger partial charge in [0.2, 0.25) is 0 Å². The number of methoxy groups -OCH3 is 1. The zero-order valence-corrected chi connectivity index (χ0v) is 17.6.